The molecule has 0 aromatic carbocycles. The van der Waals surface area contributed by atoms with Crippen LogP contribution in [0.4, 0.5) is 0 Å². The number of aromatic amines is 1. The summed E-state index contributed by atoms with van der Waals surface area (Å²) in [5.41, 5.74) is -1.57. The highest BCUT2D eigenvalue weighted by molar-refractivity contribution is 7.61. The number of rotatable bonds is 12. The number of aliphatic hydroxyl groups excluding tert-OH is 5. The number of phosphoric acid groups is 2. The van der Waals surface area contributed by atoms with Crippen molar-refractivity contribution in [3.8, 4) is 0 Å². The van der Waals surface area contributed by atoms with E-state index >= 15 is 0 Å². The maximum Gasteiger partial charge on any atom is 0.483 e. The van der Waals surface area contributed by atoms with Crippen molar-refractivity contribution in [2.45, 2.75) is 76.3 Å². The molecule has 1 aromatic heterocycles. The number of hydrogen-bond donors (Lipinski definition) is 8. The number of aliphatic hydroxyl groups is 5. The minimum absolute atomic E-state index is 0.200. The van der Waals surface area contributed by atoms with Crippen molar-refractivity contribution in [1.82, 2.24) is 14.5 Å². The molecular weight excluding hydrogens is 612 g/mol. The molecule has 0 spiro atoms. The number of H-pyrrole nitrogens is 1. The van der Waals surface area contributed by atoms with Crippen molar-refractivity contribution in [3.05, 3.63) is 33.1 Å². The number of hydrogen-bond acceptors (Lipinski definition) is 15. The van der Waals surface area contributed by atoms with Gasteiger partial charge in [0.25, 0.3) is 5.56 Å². The van der Waals surface area contributed by atoms with Crippen molar-refractivity contribution in [2.75, 3.05) is 32.8 Å². The Bertz CT molecular complexity index is 1190. The second-order valence-electron chi connectivity index (χ2n) is 9.21. The van der Waals surface area contributed by atoms with Gasteiger partial charge >= 0.3 is 21.3 Å². The third-order valence-electron chi connectivity index (χ3n) is 6.35. The lowest BCUT2D eigenvalue weighted by Gasteiger charge is -2.39. The summed E-state index contributed by atoms with van der Waals surface area (Å²) in [6.45, 7) is 8.49. The number of ether oxygens (including phenoxy) is 2. The highest BCUT2D eigenvalue weighted by Gasteiger charge is 2.48. The van der Waals surface area contributed by atoms with Crippen molar-refractivity contribution < 1.29 is 67.3 Å². The van der Waals surface area contributed by atoms with Gasteiger partial charge in [-0.05, 0) is 19.6 Å². The largest absolute Gasteiger partial charge is 0.483 e. The summed E-state index contributed by atoms with van der Waals surface area (Å²) in [6.07, 6.45) is -12.3. The average Bonchev–Trinajstić information content (AvgIpc) is 3.28. The Morgan fingerprint density at radius 2 is 1.62 bits per heavy atom. The van der Waals surface area contributed by atoms with Gasteiger partial charge in [0, 0.05) is 18.7 Å². The smallest absolute Gasteiger partial charge is 0.394 e. The molecule has 42 heavy (non-hydrogen) atoms. The molecule has 2 saturated heterocycles. The molecule has 0 saturated carbocycles. The first kappa shape index (κ1) is 36.8. The summed E-state index contributed by atoms with van der Waals surface area (Å²) < 4.78 is 48.5. The monoisotopic (exact) mass is 651 g/mol. The minimum Gasteiger partial charge on any atom is -0.394 e. The second-order valence-corrected chi connectivity index (χ2v) is 12.2. The Morgan fingerprint density at radius 1 is 1.00 bits per heavy atom. The second kappa shape index (κ2) is 16.1. The van der Waals surface area contributed by atoms with Crippen LogP contribution in [0, 0.1) is 0 Å². The molecule has 3 heterocycles. The van der Waals surface area contributed by atoms with E-state index in [0.29, 0.717) is 0 Å². The predicted octanol–water partition coefficient (Wildman–Crippen LogP) is -2.42. The van der Waals surface area contributed by atoms with Crippen LogP contribution in [0.3, 0.4) is 0 Å². The standard InChI is InChI=1S/C15H24N2O16P2.C6H15N/c18-4-8-10(21)11(22)12(23)14(31-8)32-35(27,28)33-34(25,26)29-5-6-3-7(19)13(30-6)17-2-1-9(20)16-15(17)24;1-4-7(5-2)6-3/h1-2,6-8,10-14,18-19,21-23H,3-5H2,(H,25,26)(H,27,28)(H,16,20,24);4-6H2,1-3H3/t6-,7+,8+,10+,11-,12+,13+,14+;/m0./s1. The predicted molar refractivity (Wildman–Crippen MR) is 141 cm³/mol. The Kier molecular flexibility index (Phi) is 14.1. The maximum absolute atomic E-state index is 12.1. The first-order valence-corrected chi connectivity index (χ1v) is 15.9. The molecule has 0 amide bonds. The van der Waals surface area contributed by atoms with Crippen LogP contribution < -0.4 is 11.2 Å². The zero-order valence-corrected chi connectivity index (χ0v) is 24.9. The van der Waals surface area contributed by atoms with E-state index < -0.39 is 89.2 Å². The summed E-state index contributed by atoms with van der Waals surface area (Å²) in [6, 6.07) is 1.01. The van der Waals surface area contributed by atoms with E-state index in [9.17, 15) is 48.9 Å². The van der Waals surface area contributed by atoms with Gasteiger partial charge in [0.2, 0.25) is 0 Å². The molecule has 0 bridgehead atoms. The molecule has 2 aliphatic heterocycles. The first-order chi connectivity index (χ1) is 19.6. The van der Waals surface area contributed by atoms with Gasteiger partial charge in [-0.15, -0.1) is 0 Å². The van der Waals surface area contributed by atoms with Gasteiger partial charge in [0.15, 0.2) is 12.5 Å². The number of nitrogens with one attached hydrogen (secondary N) is 1. The van der Waals surface area contributed by atoms with Crippen molar-refractivity contribution in [1.29, 1.82) is 0 Å². The van der Waals surface area contributed by atoms with Crippen LogP contribution in [0.1, 0.15) is 33.4 Å². The Balaban J connectivity index is 0.000000782. The van der Waals surface area contributed by atoms with Crippen LogP contribution in [-0.4, -0.2) is 126 Å². The third kappa shape index (κ3) is 10.4. The van der Waals surface area contributed by atoms with Gasteiger partial charge < -0.3 is 49.7 Å². The summed E-state index contributed by atoms with van der Waals surface area (Å²) in [4.78, 5) is 46.9. The fourth-order valence-electron chi connectivity index (χ4n) is 4.02. The van der Waals surface area contributed by atoms with Gasteiger partial charge in [-0.1, -0.05) is 20.8 Å². The zero-order chi connectivity index (χ0) is 31.8. The van der Waals surface area contributed by atoms with E-state index in [2.05, 4.69) is 39.0 Å². The molecule has 21 heteroatoms. The fraction of sp³-hybridized carbons (Fsp3) is 0.810. The first-order valence-electron chi connectivity index (χ1n) is 13.0. The van der Waals surface area contributed by atoms with E-state index in [1.54, 1.807) is 0 Å². The van der Waals surface area contributed by atoms with Crippen LogP contribution >= 0.6 is 15.6 Å². The SMILES string of the molecule is CCN(CC)CC.O=c1ccn([C@@H]2O[C@H](COP(=O)(O)OP(=O)(O)O[C@H]3O[C@H](CO)[C@@H](O)[C@H](O)[C@H]3O)C[C@H]2O)c(=O)[nH]1. The van der Waals surface area contributed by atoms with Gasteiger partial charge in [-0.25, -0.2) is 13.9 Å². The Morgan fingerprint density at radius 3 is 2.14 bits per heavy atom. The molecular formula is C21H39N3O16P2. The number of aromatic nitrogens is 2. The lowest BCUT2D eigenvalue weighted by molar-refractivity contribution is -0.280. The van der Waals surface area contributed by atoms with E-state index in [0.717, 1.165) is 16.8 Å². The van der Waals surface area contributed by atoms with Crippen LogP contribution in [-0.2, 0) is 32.0 Å². The lowest BCUT2D eigenvalue weighted by atomic mass is 10.00. The molecule has 2 fully saturated rings. The molecule has 1 aromatic rings. The maximum atomic E-state index is 12.1. The van der Waals surface area contributed by atoms with E-state index in [1.807, 2.05) is 4.98 Å². The zero-order valence-electron chi connectivity index (χ0n) is 23.1. The normalized spacial score (nSPS) is 32.5. The van der Waals surface area contributed by atoms with E-state index in [-0.39, 0.29) is 6.42 Å². The molecule has 8 N–H and O–H groups in total. The summed E-state index contributed by atoms with van der Waals surface area (Å²) in [5.74, 6) is 0. The van der Waals surface area contributed by atoms with Crippen molar-refractivity contribution >= 4 is 15.6 Å². The van der Waals surface area contributed by atoms with Crippen LogP contribution in [0.5, 0.6) is 0 Å². The number of phosphoric ester groups is 2. The minimum atomic E-state index is -5.51. The number of nitrogens with zero attached hydrogens (tertiary/aromatic N) is 2. The summed E-state index contributed by atoms with van der Waals surface area (Å²) >= 11 is 0. The lowest BCUT2D eigenvalue weighted by Crippen LogP contribution is -2.58. The van der Waals surface area contributed by atoms with Crippen molar-refractivity contribution in [3.63, 3.8) is 0 Å². The molecule has 0 aliphatic carbocycles. The molecule has 19 nitrogen and oxygen atoms in total. The molecule has 244 valence electrons. The van der Waals surface area contributed by atoms with Crippen LogP contribution in [0.25, 0.3) is 0 Å². The quantitative estimate of drug-likeness (QED) is 0.109. The molecule has 2 unspecified atom stereocenters. The van der Waals surface area contributed by atoms with Crippen LogP contribution in [0.15, 0.2) is 21.9 Å². The Labute approximate surface area is 240 Å². The van der Waals surface area contributed by atoms with Gasteiger partial charge in [0.1, 0.15) is 30.5 Å². The molecule has 3 rings (SSSR count). The topological polar surface area (TPSA) is 280 Å². The van der Waals surface area contributed by atoms with Gasteiger partial charge in [-0.3, -0.25) is 23.4 Å². The molecule has 10 atom stereocenters. The van der Waals surface area contributed by atoms with Crippen LogP contribution in [0.2, 0.25) is 0 Å². The summed E-state index contributed by atoms with van der Waals surface area (Å²) in [7, 11) is -10.9. The Hall–Kier alpha value is -1.38. The van der Waals surface area contributed by atoms with Crippen molar-refractivity contribution in [2.24, 2.45) is 0 Å². The van der Waals surface area contributed by atoms with E-state index in [4.69, 9.17) is 14.6 Å². The summed E-state index contributed by atoms with van der Waals surface area (Å²) in [5, 5.41) is 48.4. The fourth-order valence-corrected chi connectivity index (χ4v) is 6.20. The van der Waals surface area contributed by atoms with E-state index in [1.165, 1.54) is 19.6 Å². The molecule has 0 radical (unpaired) electrons. The molecule has 2 aliphatic rings. The van der Waals surface area contributed by atoms with Gasteiger partial charge in [0.05, 0.1) is 19.3 Å². The third-order valence-corrected chi connectivity index (χ3v) is 8.95. The van der Waals surface area contributed by atoms with Gasteiger partial charge in [-0.2, -0.15) is 4.31 Å². The highest BCUT2D eigenvalue weighted by atomic mass is 31.3. The highest BCUT2D eigenvalue weighted by Crippen LogP contribution is 2.61. The average molecular weight is 651 g/mol.